The zero-order chi connectivity index (χ0) is 21.8. The van der Waals surface area contributed by atoms with Crippen LogP contribution in [-0.2, 0) is 17.8 Å². The third-order valence-electron chi connectivity index (χ3n) is 4.55. The Labute approximate surface area is 176 Å². The van der Waals surface area contributed by atoms with E-state index in [1.54, 1.807) is 48.5 Å². The Balaban J connectivity index is 1.48. The molecule has 2 aromatic heterocycles. The molecule has 0 unspecified atom stereocenters. The number of nitrogens with one attached hydrogen (secondary N) is 2. The number of aromatic nitrogens is 3. The topological polar surface area (TPSA) is 109 Å². The van der Waals surface area contributed by atoms with Crippen molar-refractivity contribution in [1.29, 1.82) is 0 Å². The summed E-state index contributed by atoms with van der Waals surface area (Å²) >= 11 is 0. The monoisotopic (exact) mass is 419 g/mol. The van der Waals surface area contributed by atoms with Crippen LogP contribution in [-0.4, -0.2) is 31.6 Å². The van der Waals surface area contributed by atoms with Gasteiger partial charge in [0.1, 0.15) is 11.6 Å². The third kappa shape index (κ3) is 4.84. The number of carbonyl (C=O) groups is 2. The molecule has 0 aliphatic heterocycles. The first-order valence-corrected chi connectivity index (χ1v) is 9.43. The van der Waals surface area contributed by atoms with E-state index in [0.29, 0.717) is 29.3 Å². The molecule has 8 nitrogen and oxygen atoms in total. The minimum absolute atomic E-state index is 0.0842. The van der Waals surface area contributed by atoms with Gasteiger partial charge in [0, 0.05) is 12.2 Å². The Bertz CT molecular complexity index is 1240. The van der Waals surface area contributed by atoms with E-state index >= 15 is 0 Å². The van der Waals surface area contributed by atoms with Gasteiger partial charge in [-0.25, -0.2) is 13.9 Å². The van der Waals surface area contributed by atoms with Crippen molar-refractivity contribution >= 4 is 29.0 Å². The standard InChI is InChI=1S/C22H18FN5O3/c23-16-5-1-15(2-6-16)12-24-19-9-10-20-25-13-18(28(20)27-19)22(31)26-17-7-3-14(4-8-17)11-21(29)30/h1-10,13H,11-12H2,(H,24,27)(H,26,31)(H,29,30). The van der Waals surface area contributed by atoms with Crippen LogP contribution in [0.15, 0.2) is 66.9 Å². The Kier molecular flexibility index (Phi) is 5.57. The predicted molar refractivity (Wildman–Crippen MR) is 112 cm³/mol. The van der Waals surface area contributed by atoms with E-state index < -0.39 is 11.9 Å². The Morgan fingerprint density at radius 1 is 0.968 bits per heavy atom. The molecule has 0 aliphatic carbocycles. The number of amides is 1. The maximum absolute atomic E-state index is 13.0. The number of hydrogen-bond acceptors (Lipinski definition) is 5. The number of carbonyl (C=O) groups excluding carboxylic acids is 1. The van der Waals surface area contributed by atoms with Crippen LogP contribution < -0.4 is 10.6 Å². The summed E-state index contributed by atoms with van der Waals surface area (Å²) < 4.78 is 14.5. The molecule has 2 heterocycles. The number of hydrogen-bond donors (Lipinski definition) is 3. The minimum atomic E-state index is -0.919. The summed E-state index contributed by atoms with van der Waals surface area (Å²) in [6.45, 7) is 0.442. The van der Waals surface area contributed by atoms with Gasteiger partial charge in [-0.05, 0) is 47.5 Å². The van der Waals surface area contributed by atoms with Crippen molar-refractivity contribution in [3.05, 3.63) is 89.5 Å². The normalized spacial score (nSPS) is 10.7. The molecular formula is C22H18FN5O3. The van der Waals surface area contributed by atoms with Crippen LogP contribution in [0, 0.1) is 5.82 Å². The van der Waals surface area contributed by atoms with Crippen molar-refractivity contribution in [2.75, 3.05) is 10.6 Å². The Morgan fingerprint density at radius 3 is 2.39 bits per heavy atom. The molecule has 31 heavy (non-hydrogen) atoms. The van der Waals surface area contributed by atoms with Crippen LogP contribution in [0.5, 0.6) is 0 Å². The van der Waals surface area contributed by atoms with Crippen molar-refractivity contribution < 1.29 is 19.1 Å². The summed E-state index contributed by atoms with van der Waals surface area (Å²) in [6, 6.07) is 16.2. The van der Waals surface area contributed by atoms with E-state index in [2.05, 4.69) is 20.7 Å². The molecule has 1 amide bonds. The molecule has 0 bridgehead atoms. The van der Waals surface area contributed by atoms with Crippen molar-refractivity contribution in [2.24, 2.45) is 0 Å². The van der Waals surface area contributed by atoms with Gasteiger partial charge in [0.15, 0.2) is 11.3 Å². The van der Waals surface area contributed by atoms with Crippen molar-refractivity contribution in [1.82, 2.24) is 14.6 Å². The van der Waals surface area contributed by atoms with Gasteiger partial charge in [-0.1, -0.05) is 24.3 Å². The number of anilines is 2. The van der Waals surface area contributed by atoms with E-state index in [9.17, 15) is 14.0 Å². The number of aliphatic carboxylic acids is 1. The van der Waals surface area contributed by atoms with Crippen LogP contribution in [0.25, 0.3) is 5.65 Å². The fraction of sp³-hybridized carbons (Fsp3) is 0.0909. The lowest BCUT2D eigenvalue weighted by Crippen LogP contribution is -2.16. The van der Waals surface area contributed by atoms with Gasteiger partial charge in [-0.2, -0.15) is 0 Å². The second kappa shape index (κ2) is 8.62. The molecule has 0 atom stereocenters. The third-order valence-corrected chi connectivity index (χ3v) is 4.55. The molecule has 0 saturated carbocycles. The largest absolute Gasteiger partial charge is 0.481 e. The molecule has 3 N–H and O–H groups in total. The van der Waals surface area contributed by atoms with Gasteiger partial charge in [0.25, 0.3) is 5.91 Å². The number of halogens is 1. The lowest BCUT2D eigenvalue weighted by Gasteiger charge is -2.08. The number of imidazole rings is 1. The average Bonchev–Trinajstić information content (AvgIpc) is 3.18. The summed E-state index contributed by atoms with van der Waals surface area (Å²) in [4.78, 5) is 27.7. The zero-order valence-corrected chi connectivity index (χ0v) is 16.2. The molecule has 4 aromatic rings. The summed E-state index contributed by atoms with van der Waals surface area (Å²) in [6.07, 6.45) is 1.35. The second-order valence-corrected chi connectivity index (χ2v) is 6.83. The summed E-state index contributed by atoms with van der Waals surface area (Å²) in [5.74, 6) is -1.09. The molecule has 2 aromatic carbocycles. The smallest absolute Gasteiger partial charge is 0.307 e. The van der Waals surface area contributed by atoms with Gasteiger partial charge >= 0.3 is 5.97 Å². The van der Waals surface area contributed by atoms with Crippen molar-refractivity contribution in [3.63, 3.8) is 0 Å². The quantitative estimate of drug-likeness (QED) is 0.424. The van der Waals surface area contributed by atoms with Crippen LogP contribution in [0.1, 0.15) is 21.6 Å². The highest BCUT2D eigenvalue weighted by Gasteiger charge is 2.14. The summed E-state index contributed by atoms with van der Waals surface area (Å²) in [7, 11) is 0. The molecule has 0 radical (unpaired) electrons. The predicted octanol–water partition coefficient (Wildman–Crippen LogP) is 3.36. The average molecular weight is 419 g/mol. The van der Waals surface area contributed by atoms with E-state index in [4.69, 9.17) is 5.11 Å². The highest BCUT2D eigenvalue weighted by atomic mass is 19.1. The molecule has 4 rings (SSSR count). The molecule has 0 aliphatic rings. The first-order chi connectivity index (χ1) is 15.0. The van der Waals surface area contributed by atoms with Crippen LogP contribution >= 0.6 is 0 Å². The number of carboxylic acids is 1. The molecule has 0 saturated heterocycles. The highest BCUT2D eigenvalue weighted by Crippen LogP contribution is 2.14. The highest BCUT2D eigenvalue weighted by molar-refractivity contribution is 6.03. The number of nitrogens with zero attached hydrogens (tertiary/aromatic N) is 3. The summed E-state index contributed by atoms with van der Waals surface area (Å²) in [5, 5.41) is 19.2. The number of carboxylic acid groups (broad SMARTS) is 1. The van der Waals surface area contributed by atoms with Crippen LogP contribution in [0.4, 0.5) is 15.9 Å². The van der Waals surface area contributed by atoms with Crippen molar-refractivity contribution in [3.8, 4) is 0 Å². The fourth-order valence-electron chi connectivity index (χ4n) is 2.99. The molecule has 9 heteroatoms. The first kappa shape index (κ1) is 20.0. The molecule has 0 spiro atoms. The molecule has 156 valence electrons. The Hall–Kier alpha value is -4.27. The van der Waals surface area contributed by atoms with Gasteiger partial charge < -0.3 is 15.7 Å². The van der Waals surface area contributed by atoms with Gasteiger partial charge in [0.05, 0.1) is 12.6 Å². The van der Waals surface area contributed by atoms with Gasteiger partial charge in [-0.3, -0.25) is 9.59 Å². The minimum Gasteiger partial charge on any atom is -0.481 e. The lowest BCUT2D eigenvalue weighted by atomic mass is 10.1. The van der Waals surface area contributed by atoms with Gasteiger partial charge in [0.2, 0.25) is 0 Å². The summed E-state index contributed by atoms with van der Waals surface area (Å²) in [5.41, 5.74) is 2.81. The van der Waals surface area contributed by atoms with E-state index in [1.807, 2.05) is 0 Å². The molecule has 0 fully saturated rings. The van der Waals surface area contributed by atoms with Crippen LogP contribution in [0.3, 0.4) is 0 Å². The lowest BCUT2D eigenvalue weighted by molar-refractivity contribution is -0.136. The van der Waals surface area contributed by atoms with E-state index in [1.165, 1.54) is 22.8 Å². The fourth-order valence-corrected chi connectivity index (χ4v) is 2.99. The Morgan fingerprint density at radius 2 is 1.68 bits per heavy atom. The van der Waals surface area contributed by atoms with Crippen LogP contribution in [0.2, 0.25) is 0 Å². The number of benzene rings is 2. The maximum atomic E-state index is 13.0. The maximum Gasteiger partial charge on any atom is 0.307 e. The number of rotatable bonds is 7. The first-order valence-electron chi connectivity index (χ1n) is 9.43. The molecular weight excluding hydrogens is 401 g/mol. The van der Waals surface area contributed by atoms with Gasteiger partial charge in [-0.15, -0.1) is 5.10 Å². The second-order valence-electron chi connectivity index (χ2n) is 6.83. The zero-order valence-electron chi connectivity index (χ0n) is 16.2. The SMILES string of the molecule is O=C(O)Cc1ccc(NC(=O)c2cnc3ccc(NCc4ccc(F)cc4)nn23)cc1. The van der Waals surface area contributed by atoms with E-state index in [0.717, 1.165) is 5.56 Å². The van der Waals surface area contributed by atoms with E-state index in [-0.39, 0.29) is 17.9 Å². The number of fused-ring (bicyclic) bond motifs is 1. The van der Waals surface area contributed by atoms with Crippen molar-refractivity contribution in [2.45, 2.75) is 13.0 Å².